The predicted molar refractivity (Wildman–Crippen MR) is 116 cm³/mol. The highest BCUT2D eigenvalue weighted by molar-refractivity contribution is 14.0. The summed E-state index contributed by atoms with van der Waals surface area (Å²) in [7, 11) is 1.71. The number of hydrogen-bond donors (Lipinski definition) is 2. The molecular formula is C19H28F2IN5O. The van der Waals surface area contributed by atoms with Crippen molar-refractivity contribution in [3.8, 4) is 0 Å². The number of carbonyl (C=O) groups is 1. The van der Waals surface area contributed by atoms with Gasteiger partial charge in [-0.1, -0.05) is 12.1 Å². The summed E-state index contributed by atoms with van der Waals surface area (Å²) in [4.78, 5) is 20.4. The van der Waals surface area contributed by atoms with E-state index in [1.54, 1.807) is 13.1 Å². The molecular weight excluding hydrogens is 479 g/mol. The second-order valence-corrected chi connectivity index (χ2v) is 7.04. The van der Waals surface area contributed by atoms with E-state index >= 15 is 0 Å². The van der Waals surface area contributed by atoms with E-state index in [1.807, 2.05) is 0 Å². The van der Waals surface area contributed by atoms with Crippen LogP contribution in [0.25, 0.3) is 0 Å². The molecule has 0 aromatic heterocycles. The van der Waals surface area contributed by atoms with Crippen molar-refractivity contribution in [3.63, 3.8) is 0 Å². The molecule has 1 amide bonds. The molecule has 0 bridgehead atoms. The van der Waals surface area contributed by atoms with Crippen LogP contribution in [0, 0.1) is 11.6 Å². The van der Waals surface area contributed by atoms with Crippen LogP contribution in [0.3, 0.4) is 0 Å². The molecule has 1 saturated heterocycles. The van der Waals surface area contributed by atoms with Crippen molar-refractivity contribution in [1.82, 2.24) is 20.4 Å². The molecule has 3 rings (SSSR count). The molecule has 9 heteroatoms. The molecule has 156 valence electrons. The fraction of sp³-hybridized carbons (Fsp3) is 0.579. The van der Waals surface area contributed by atoms with Crippen LogP contribution >= 0.6 is 24.0 Å². The summed E-state index contributed by atoms with van der Waals surface area (Å²) in [5, 5.41) is 6.22. The highest BCUT2D eigenvalue weighted by Gasteiger charge is 2.25. The summed E-state index contributed by atoms with van der Waals surface area (Å²) >= 11 is 0. The molecule has 2 fully saturated rings. The predicted octanol–water partition coefficient (Wildman–Crippen LogP) is 1.60. The number of nitrogens with one attached hydrogen (secondary N) is 2. The van der Waals surface area contributed by atoms with Crippen LogP contribution in [0.4, 0.5) is 8.78 Å². The standard InChI is InChI=1S/C19H27F2N5O.HI/c1-22-19(23-8-7-14-3-2-4-16(20)18(14)21)26-11-9-25(10-12-26)13-17(27)24-15-5-6-15;/h2-4,15H,5-13H2,1H3,(H,22,23)(H,24,27);1H. The average molecular weight is 507 g/mol. The van der Waals surface area contributed by atoms with Crippen LogP contribution in [-0.2, 0) is 11.2 Å². The van der Waals surface area contributed by atoms with Crippen molar-refractivity contribution in [2.24, 2.45) is 4.99 Å². The fourth-order valence-electron chi connectivity index (χ4n) is 3.20. The summed E-state index contributed by atoms with van der Waals surface area (Å²) in [5.41, 5.74) is 0.351. The average Bonchev–Trinajstić information content (AvgIpc) is 3.47. The zero-order chi connectivity index (χ0) is 19.2. The third-order valence-corrected chi connectivity index (χ3v) is 4.90. The number of guanidine groups is 1. The minimum atomic E-state index is -0.821. The molecule has 0 atom stereocenters. The first-order chi connectivity index (χ1) is 13.1. The van der Waals surface area contributed by atoms with E-state index in [-0.39, 0.29) is 29.9 Å². The van der Waals surface area contributed by atoms with Crippen LogP contribution in [0.2, 0.25) is 0 Å². The molecule has 1 aliphatic carbocycles. The molecule has 1 aliphatic heterocycles. The first-order valence-corrected chi connectivity index (χ1v) is 9.47. The third-order valence-electron chi connectivity index (χ3n) is 4.90. The molecule has 0 radical (unpaired) electrons. The van der Waals surface area contributed by atoms with Gasteiger partial charge in [0.1, 0.15) is 0 Å². The van der Waals surface area contributed by atoms with Gasteiger partial charge in [0.15, 0.2) is 17.6 Å². The van der Waals surface area contributed by atoms with E-state index in [1.165, 1.54) is 6.07 Å². The second-order valence-electron chi connectivity index (χ2n) is 7.04. The molecule has 1 aromatic rings. The van der Waals surface area contributed by atoms with Crippen LogP contribution in [-0.4, -0.2) is 74.0 Å². The highest BCUT2D eigenvalue weighted by atomic mass is 127. The first-order valence-electron chi connectivity index (χ1n) is 9.47. The van der Waals surface area contributed by atoms with Gasteiger partial charge in [0, 0.05) is 45.8 Å². The number of rotatable bonds is 6. The van der Waals surface area contributed by atoms with E-state index < -0.39 is 11.6 Å². The SMILES string of the molecule is CN=C(NCCc1cccc(F)c1F)N1CCN(CC(=O)NC2CC2)CC1.I. The van der Waals surface area contributed by atoms with Gasteiger partial charge in [-0.3, -0.25) is 14.7 Å². The number of amides is 1. The van der Waals surface area contributed by atoms with Crippen molar-refractivity contribution in [2.75, 3.05) is 46.3 Å². The maximum atomic E-state index is 13.7. The Kier molecular flexibility index (Phi) is 8.87. The van der Waals surface area contributed by atoms with E-state index in [2.05, 4.69) is 25.4 Å². The number of aliphatic imine (C=N–C) groups is 1. The maximum absolute atomic E-state index is 13.7. The Labute approximate surface area is 181 Å². The van der Waals surface area contributed by atoms with Gasteiger partial charge in [0.05, 0.1) is 6.54 Å². The summed E-state index contributed by atoms with van der Waals surface area (Å²) in [6, 6.07) is 4.62. The minimum absolute atomic E-state index is 0. The van der Waals surface area contributed by atoms with Crippen LogP contribution in [0.1, 0.15) is 18.4 Å². The number of carbonyl (C=O) groups excluding carboxylic acids is 1. The van der Waals surface area contributed by atoms with Gasteiger partial charge < -0.3 is 15.5 Å². The monoisotopic (exact) mass is 507 g/mol. The summed E-state index contributed by atoms with van der Waals surface area (Å²) in [6.45, 7) is 4.02. The zero-order valence-corrected chi connectivity index (χ0v) is 18.4. The molecule has 0 spiro atoms. The van der Waals surface area contributed by atoms with Gasteiger partial charge in [-0.25, -0.2) is 8.78 Å². The van der Waals surface area contributed by atoms with Gasteiger partial charge in [-0.2, -0.15) is 0 Å². The Morgan fingerprint density at radius 2 is 1.93 bits per heavy atom. The van der Waals surface area contributed by atoms with Crippen LogP contribution < -0.4 is 10.6 Å². The molecule has 2 N–H and O–H groups in total. The quantitative estimate of drug-likeness (QED) is 0.349. The van der Waals surface area contributed by atoms with Crippen LogP contribution in [0.5, 0.6) is 0 Å². The number of benzene rings is 1. The van der Waals surface area contributed by atoms with E-state index in [4.69, 9.17) is 0 Å². The number of nitrogens with zero attached hydrogens (tertiary/aromatic N) is 3. The van der Waals surface area contributed by atoms with E-state index in [0.717, 1.165) is 51.0 Å². The van der Waals surface area contributed by atoms with Gasteiger partial charge >= 0.3 is 0 Å². The lowest BCUT2D eigenvalue weighted by Gasteiger charge is -2.36. The van der Waals surface area contributed by atoms with Crippen molar-refractivity contribution in [2.45, 2.75) is 25.3 Å². The molecule has 0 unspecified atom stereocenters. The van der Waals surface area contributed by atoms with Gasteiger partial charge in [0.2, 0.25) is 5.91 Å². The maximum Gasteiger partial charge on any atom is 0.234 e. The third kappa shape index (κ3) is 6.54. The first kappa shape index (κ1) is 22.8. The largest absolute Gasteiger partial charge is 0.356 e. The molecule has 6 nitrogen and oxygen atoms in total. The van der Waals surface area contributed by atoms with Crippen molar-refractivity contribution >= 4 is 35.8 Å². The Bertz CT molecular complexity index is 691. The van der Waals surface area contributed by atoms with Crippen molar-refractivity contribution < 1.29 is 13.6 Å². The second kappa shape index (κ2) is 10.9. The molecule has 1 aromatic carbocycles. The summed E-state index contributed by atoms with van der Waals surface area (Å²) in [6.07, 6.45) is 2.58. The van der Waals surface area contributed by atoms with E-state index in [0.29, 0.717) is 31.1 Å². The molecule has 1 saturated carbocycles. The molecule has 2 aliphatic rings. The molecule has 28 heavy (non-hydrogen) atoms. The van der Waals surface area contributed by atoms with E-state index in [9.17, 15) is 13.6 Å². The number of hydrogen-bond acceptors (Lipinski definition) is 3. The van der Waals surface area contributed by atoms with Crippen molar-refractivity contribution in [3.05, 3.63) is 35.4 Å². The lowest BCUT2D eigenvalue weighted by Crippen LogP contribution is -2.54. The Balaban J connectivity index is 0.00000280. The van der Waals surface area contributed by atoms with Crippen molar-refractivity contribution in [1.29, 1.82) is 0 Å². The topological polar surface area (TPSA) is 60.0 Å². The van der Waals surface area contributed by atoms with Gasteiger partial charge in [0.25, 0.3) is 0 Å². The summed E-state index contributed by atoms with van der Waals surface area (Å²) < 4.78 is 27.0. The molecule has 1 heterocycles. The normalized spacial score (nSPS) is 17.8. The smallest absolute Gasteiger partial charge is 0.234 e. The highest BCUT2D eigenvalue weighted by Crippen LogP contribution is 2.18. The number of halogens is 3. The zero-order valence-electron chi connectivity index (χ0n) is 16.1. The number of piperazine rings is 1. The Morgan fingerprint density at radius 1 is 1.21 bits per heavy atom. The summed E-state index contributed by atoms with van der Waals surface area (Å²) in [5.74, 6) is -0.759. The lowest BCUT2D eigenvalue weighted by molar-refractivity contribution is -0.122. The Morgan fingerprint density at radius 3 is 2.57 bits per heavy atom. The lowest BCUT2D eigenvalue weighted by atomic mass is 10.1. The van der Waals surface area contributed by atoms with Crippen LogP contribution in [0.15, 0.2) is 23.2 Å². The Hall–Kier alpha value is -1.49. The minimum Gasteiger partial charge on any atom is -0.356 e. The van der Waals surface area contributed by atoms with Gasteiger partial charge in [-0.15, -0.1) is 24.0 Å². The fourth-order valence-corrected chi connectivity index (χ4v) is 3.20. The van der Waals surface area contributed by atoms with Gasteiger partial charge in [-0.05, 0) is 30.9 Å².